The van der Waals surface area contributed by atoms with Gasteiger partial charge in [0.1, 0.15) is 11.8 Å². The predicted molar refractivity (Wildman–Crippen MR) is 123 cm³/mol. The van der Waals surface area contributed by atoms with Crippen molar-refractivity contribution >= 4 is 17.9 Å². The summed E-state index contributed by atoms with van der Waals surface area (Å²) in [6.07, 6.45) is 3.14. The fourth-order valence-electron chi connectivity index (χ4n) is 3.13. The zero-order valence-corrected chi connectivity index (χ0v) is 17.6. The molecule has 0 heterocycles. The largest absolute Gasteiger partial charge is 0.497 e. The summed E-state index contributed by atoms with van der Waals surface area (Å²) < 4.78 is 5.23. The molecule has 3 aromatic carbocycles. The molecule has 0 radical (unpaired) electrons. The van der Waals surface area contributed by atoms with Crippen LogP contribution in [0.15, 0.2) is 91.0 Å². The van der Waals surface area contributed by atoms with E-state index >= 15 is 0 Å². The Balaban J connectivity index is 1.69. The van der Waals surface area contributed by atoms with Gasteiger partial charge in [-0.2, -0.15) is 0 Å². The smallest absolute Gasteiger partial charge is 0.244 e. The van der Waals surface area contributed by atoms with Crippen molar-refractivity contribution in [1.29, 1.82) is 0 Å². The Morgan fingerprint density at radius 2 is 1.39 bits per heavy atom. The standard InChI is InChI=1S/C26H26N2O3/c1-19(27-24(29)18-13-20-9-5-3-6-10-20)26(30)28-25(21-11-7-4-8-12-21)22-14-16-23(31-2)17-15-22/h3-19,25H,1-2H3,(H,27,29)(H,28,30)/b18-13+. The lowest BCUT2D eigenvalue weighted by atomic mass is 9.98. The van der Waals surface area contributed by atoms with E-state index in [1.807, 2.05) is 84.9 Å². The molecule has 2 N–H and O–H groups in total. The van der Waals surface area contributed by atoms with Gasteiger partial charge in [0.15, 0.2) is 0 Å². The van der Waals surface area contributed by atoms with Gasteiger partial charge in [0.25, 0.3) is 0 Å². The number of nitrogens with one attached hydrogen (secondary N) is 2. The maximum Gasteiger partial charge on any atom is 0.244 e. The SMILES string of the molecule is COc1ccc(C(NC(=O)C(C)NC(=O)/C=C/c2ccccc2)c2ccccc2)cc1. The molecule has 5 nitrogen and oxygen atoms in total. The summed E-state index contributed by atoms with van der Waals surface area (Å²) in [5.41, 5.74) is 2.78. The van der Waals surface area contributed by atoms with E-state index in [-0.39, 0.29) is 17.9 Å². The van der Waals surface area contributed by atoms with Crippen molar-refractivity contribution in [2.24, 2.45) is 0 Å². The zero-order chi connectivity index (χ0) is 22.1. The lowest BCUT2D eigenvalue weighted by Gasteiger charge is -2.22. The topological polar surface area (TPSA) is 67.4 Å². The molecule has 0 aliphatic rings. The highest BCUT2D eigenvalue weighted by atomic mass is 16.5. The van der Waals surface area contributed by atoms with Gasteiger partial charge in [0.2, 0.25) is 11.8 Å². The first-order valence-electron chi connectivity index (χ1n) is 10.1. The van der Waals surface area contributed by atoms with Crippen LogP contribution in [0.2, 0.25) is 0 Å². The third kappa shape index (κ3) is 6.31. The highest BCUT2D eigenvalue weighted by Crippen LogP contribution is 2.24. The Morgan fingerprint density at radius 1 is 0.806 bits per heavy atom. The monoisotopic (exact) mass is 414 g/mol. The maximum absolute atomic E-state index is 12.9. The van der Waals surface area contributed by atoms with E-state index in [0.29, 0.717) is 0 Å². The van der Waals surface area contributed by atoms with Crippen molar-refractivity contribution in [2.45, 2.75) is 19.0 Å². The normalized spacial score (nSPS) is 12.7. The Kier molecular flexibility index (Phi) is 7.60. The van der Waals surface area contributed by atoms with Gasteiger partial charge < -0.3 is 15.4 Å². The predicted octanol–water partition coefficient (Wildman–Crippen LogP) is 4.12. The molecular formula is C26H26N2O3. The van der Waals surface area contributed by atoms with Crippen molar-refractivity contribution < 1.29 is 14.3 Å². The van der Waals surface area contributed by atoms with Crippen molar-refractivity contribution in [3.63, 3.8) is 0 Å². The van der Waals surface area contributed by atoms with Gasteiger partial charge in [-0.1, -0.05) is 72.8 Å². The van der Waals surface area contributed by atoms with Gasteiger partial charge in [-0.15, -0.1) is 0 Å². The number of hydrogen-bond acceptors (Lipinski definition) is 3. The van der Waals surface area contributed by atoms with Crippen LogP contribution in [0.4, 0.5) is 0 Å². The van der Waals surface area contributed by atoms with Gasteiger partial charge >= 0.3 is 0 Å². The Hall–Kier alpha value is -3.86. The molecule has 0 bridgehead atoms. The van der Waals surface area contributed by atoms with Crippen LogP contribution >= 0.6 is 0 Å². The summed E-state index contributed by atoms with van der Waals surface area (Å²) in [5.74, 6) is 0.145. The van der Waals surface area contributed by atoms with Crippen LogP contribution in [0.5, 0.6) is 5.75 Å². The fourth-order valence-corrected chi connectivity index (χ4v) is 3.13. The molecule has 0 spiro atoms. The fraction of sp³-hybridized carbons (Fsp3) is 0.154. The Bertz CT molecular complexity index is 1020. The summed E-state index contributed by atoms with van der Waals surface area (Å²) in [6.45, 7) is 1.67. The molecule has 0 saturated heterocycles. The Labute approximate surface area is 182 Å². The van der Waals surface area contributed by atoms with E-state index in [9.17, 15) is 9.59 Å². The van der Waals surface area contributed by atoms with E-state index < -0.39 is 6.04 Å². The van der Waals surface area contributed by atoms with Crippen molar-refractivity contribution in [3.8, 4) is 5.75 Å². The van der Waals surface area contributed by atoms with Crippen LogP contribution in [0.25, 0.3) is 6.08 Å². The van der Waals surface area contributed by atoms with Crippen LogP contribution in [0.3, 0.4) is 0 Å². The highest BCUT2D eigenvalue weighted by molar-refractivity contribution is 5.95. The summed E-state index contributed by atoms with van der Waals surface area (Å²) >= 11 is 0. The third-order valence-electron chi connectivity index (χ3n) is 4.85. The molecule has 2 unspecified atom stereocenters. The average Bonchev–Trinajstić information content (AvgIpc) is 2.82. The van der Waals surface area contributed by atoms with E-state index in [2.05, 4.69) is 10.6 Å². The van der Waals surface area contributed by atoms with Gasteiger partial charge in [0, 0.05) is 6.08 Å². The number of amides is 2. The lowest BCUT2D eigenvalue weighted by Crippen LogP contribution is -2.45. The summed E-state index contributed by atoms with van der Waals surface area (Å²) in [7, 11) is 1.61. The van der Waals surface area contributed by atoms with Gasteiger partial charge in [0.05, 0.1) is 13.2 Å². The van der Waals surface area contributed by atoms with Crippen LogP contribution < -0.4 is 15.4 Å². The number of hydrogen-bond donors (Lipinski definition) is 2. The molecule has 31 heavy (non-hydrogen) atoms. The summed E-state index contributed by atoms with van der Waals surface area (Å²) in [5, 5.41) is 5.77. The average molecular weight is 415 g/mol. The van der Waals surface area contributed by atoms with Crippen molar-refractivity contribution in [3.05, 3.63) is 108 Å². The number of benzene rings is 3. The molecule has 3 rings (SSSR count). The molecule has 2 amide bonds. The van der Waals surface area contributed by atoms with Crippen LogP contribution in [0.1, 0.15) is 29.7 Å². The molecule has 3 aromatic rings. The molecule has 0 fully saturated rings. The number of ether oxygens (including phenoxy) is 1. The van der Waals surface area contributed by atoms with Crippen molar-refractivity contribution in [2.75, 3.05) is 7.11 Å². The quantitative estimate of drug-likeness (QED) is 0.545. The second-order valence-electron chi connectivity index (χ2n) is 7.10. The van der Waals surface area contributed by atoms with Gasteiger partial charge in [-0.05, 0) is 41.8 Å². The maximum atomic E-state index is 12.9. The molecule has 5 heteroatoms. The molecule has 0 saturated carbocycles. The van der Waals surface area contributed by atoms with Crippen molar-refractivity contribution in [1.82, 2.24) is 10.6 Å². The minimum Gasteiger partial charge on any atom is -0.497 e. The second kappa shape index (κ2) is 10.8. The minimum atomic E-state index is -0.697. The molecule has 158 valence electrons. The van der Waals surface area contributed by atoms with E-state index in [4.69, 9.17) is 4.74 Å². The molecule has 0 aliphatic heterocycles. The first-order valence-corrected chi connectivity index (χ1v) is 10.1. The van der Waals surface area contributed by atoms with Gasteiger partial charge in [-0.25, -0.2) is 0 Å². The molecule has 0 aliphatic carbocycles. The molecule has 0 aromatic heterocycles. The molecule has 2 atom stereocenters. The van der Waals surface area contributed by atoms with Crippen LogP contribution in [0, 0.1) is 0 Å². The summed E-state index contributed by atoms with van der Waals surface area (Å²) in [4.78, 5) is 25.1. The zero-order valence-electron chi connectivity index (χ0n) is 17.6. The number of carbonyl (C=O) groups excluding carboxylic acids is 2. The second-order valence-corrected chi connectivity index (χ2v) is 7.10. The first-order chi connectivity index (χ1) is 15.1. The van der Waals surface area contributed by atoms with Crippen LogP contribution in [-0.4, -0.2) is 25.0 Å². The van der Waals surface area contributed by atoms with E-state index in [1.54, 1.807) is 20.1 Å². The third-order valence-corrected chi connectivity index (χ3v) is 4.85. The number of rotatable bonds is 8. The lowest BCUT2D eigenvalue weighted by molar-refractivity contribution is -0.127. The van der Waals surface area contributed by atoms with Gasteiger partial charge in [-0.3, -0.25) is 9.59 Å². The van der Waals surface area contributed by atoms with Crippen LogP contribution in [-0.2, 0) is 9.59 Å². The van der Waals surface area contributed by atoms with E-state index in [1.165, 1.54) is 6.08 Å². The first kappa shape index (κ1) is 21.8. The Morgan fingerprint density at radius 3 is 2.00 bits per heavy atom. The number of methoxy groups -OCH3 is 1. The number of carbonyl (C=O) groups is 2. The van der Waals surface area contributed by atoms with E-state index in [0.717, 1.165) is 22.4 Å². The summed E-state index contributed by atoms with van der Waals surface area (Å²) in [6, 6.07) is 25.7. The highest BCUT2D eigenvalue weighted by Gasteiger charge is 2.21. The minimum absolute atomic E-state index is 0.272. The molecular weight excluding hydrogens is 388 g/mol.